The van der Waals surface area contributed by atoms with E-state index in [1.165, 1.54) is 14.2 Å². The Labute approximate surface area is 205 Å². The van der Waals surface area contributed by atoms with E-state index in [0.29, 0.717) is 5.92 Å². The van der Waals surface area contributed by atoms with Gasteiger partial charge >= 0.3 is 6.18 Å². The molecule has 2 heterocycles. The zero-order valence-corrected chi connectivity index (χ0v) is 20.8. The number of carbonyl (C=O) groups excluding carboxylic acids is 1. The number of nitrogens with zero attached hydrogens (tertiary/aromatic N) is 4. The molecule has 2 aromatic heterocycles. The van der Waals surface area contributed by atoms with E-state index in [2.05, 4.69) is 34.1 Å². The average Bonchev–Trinajstić information content (AvgIpc) is 3.20. The van der Waals surface area contributed by atoms with Crippen molar-refractivity contribution < 1.29 is 27.4 Å². The number of thiazole rings is 1. The third kappa shape index (κ3) is 6.18. The quantitative estimate of drug-likeness (QED) is 0.431. The van der Waals surface area contributed by atoms with Gasteiger partial charge in [0, 0.05) is 12.7 Å². The number of nitrogens with one attached hydrogen (secondary N) is 1. The van der Waals surface area contributed by atoms with E-state index in [0.717, 1.165) is 35.3 Å². The summed E-state index contributed by atoms with van der Waals surface area (Å²) in [6.45, 7) is 4.12. The number of methoxy groups -OCH3 is 2. The van der Waals surface area contributed by atoms with E-state index in [-0.39, 0.29) is 33.9 Å². The summed E-state index contributed by atoms with van der Waals surface area (Å²) >= 11 is 0.752. The molecule has 188 valence electrons. The van der Waals surface area contributed by atoms with Crippen LogP contribution in [0.3, 0.4) is 0 Å². The van der Waals surface area contributed by atoms with Crippen LogP contribution in [0, 0.1) is 5.92 Å². The second-order valence-corrected chi connectivity index (χ2v) is 9.18. The molecule has 1 amide bonds. The fourth-order valence-corrected chi connectivity index (χ4v) is 4.58. The van der Waals surface area contributed by atoms with Gasteiger partial charge in [-0.2, -0.15) is 13.2 Å². The van der Waals surface area contributed by atoms with Crippen LogP contribution in [-0.4, -0.2) is 42.1 Å². The van der Waals surface area contributed by atoms with Gasteiger partial charge in [0.05, 0.1) is 25.6 Å². The van der Waals surface area contributed by atoms with E-state index in [1.54, 1.807) is 11.9 Å². The van der Waals surface area contributed by atoms with Gasteiger partial charge in [0.2, 0.25) is 11.8 Å². The van der Waals surface area contributed by atoms with E-state index < -0.39 is 17.8 Å². The predicted octanol–water partition coefficient (Wildman–Crippen LogP) is 5.06. The predicted molar refractivity (Wildman–Crippen MR) is 127 cm³/mol. The molecule has 0 saturated heterocycles. The average molecular weight is 510 g/mol. The van der Waals surface area contributed by atoms with Crippen molar-refractivity contribution in [1.82, 2.24) is 15.0 Å². The van der Waals surface area contributed by atoms with Crippen LogP contribution < -0.4 is 19.7 Å². The molecule has 0 aliphatic rings. The van der Waals surface area contributed by atoms with Crippen molar-refractivity contribution in [2.75, 3.05) is 31.5 Å². The SMILES string of the molecule is COc1ncnc(OC)c1C(=O)Nc1nc(C(F)(F)F)c(CN(C)c2ccccc2CC(C)C)s1. The van der Waals surface area contributed by atoms with Crippen molar-refractivity contribution in [3.63, 3.8) is 0 Å². The number of hydrogen-bond donors (Lipinski definition) is 1. The molecule has 1 N–H and O–H groups in total. The molecule has 0 spiro atoms. The Hall–Kier alpha value is -3.41. The van der Waals surface area contributed by atoms with Gasteiger partial charge in [-0.05, 0) is 24.0 Å². The van der Waals surface area contributed by atoms with Crippen molar-refractivity contribution in [2.24, 2.45) is 5.92 Å². The van der Waals surface area contributed by atoms with Crippen molar-refractivity contribution >= 4 is 28.1 Å². The summed E-state index contributed by atoms with van der Waals surface area (Å²) in [5, 5.41) is 2.19. The van der Waals surface area contributed by atoms with Crippen LogP contribution >= 0.6 is 11.3 Å². The molecule has 35 heavy (non-hydrogen) atoms. The standard InChI is InChI=1S/C23H26F3N5O3S/c1-13(2)10-14-8-6-7-9-15(14)31(3)11-16-18(23(24,25)26)29-22(35-16)30-19(32)17-20(33-4)27-12-28-21(17)34-5/h6-9,12-13H,10-11H2,1-5H3,(H,29,30,32). The zero-order chi connectivity index (χ0) is 25.8. The van der Waals surface area contributed by atoms with Gasteiger partial charge < -0.3 is 14.4 Å². The first kappa shape index (κ1) is 26.2. The number of amides is 1. The lowest BCUT2D eigenvalue weighted by Gasteiger charge is -2.23. The van der Waals surface area contributed by atoms with Gasteiger partial charge in [0.15, 0.2) is 16.4 Å². The van der Waals surface area contributed by atoms with Gasteiger partial charge in [0.1, 0.15) is 6.33 Å². The third-order valence-corrected chi connectivity index (χ3v) is 5.95. The minimum atomic E-state index is -4.70. The summed E-state index contributed by atoms with van der Waals surface area (Å²) in [5.41, 5.74) is 0.681. The number of para-hydroxylation sites is 1. The maximum Gasteiger partial charge on any atom is 0.434 e. The molecular weight excluding hydrogens is 483 g/mol. The second-order valence-electron chi connectivity index (χ2n) is 8.09. The number of hydrogen-bond acceptors (Lipinski definition) is 8. The zero-order valence-electron chi connectivity index (χ0n) is 19.9. The molecule has 1 aromatic carbocycles. The molecule has 0 bridgehead atoms. The minimum Gasteiger partial charge on any atom is -0.480 e. The topological polar surface area (TPSA) is 89.5 Å². The molecule has 0 radical (unpaired) electrons. The maximum atomic E-state index is 13.8. The maximum absolute atomic E-state index is 13.8. The number of aromatic nitrogens is 3. The summed E-state index contributed by atoms with van der Waals surface area (Å²) in [7, 11) is 4.33. The van der Waals surface area contributed by atoms with Crippen LogP contribution in [-0.2, 0) is 19.1 Å². The molecule has 0 fully saturated rings. The normalized spacial score (nSPS) is 11.5. The summed E-state index contributed by atoms with van der Waals surface area (Å²) in [4.78, 5) is 26.0. The van der Waals surface area contributed by atoms with Gasteiger partial charge in [-0.3, -0.25) is 10.1 Å². The highest BCUT2D eigenvalue weighted by Gasteiger charge is 2.38. The second kappa shape index (κ2) is 10.9. The minimum absolute atomic E-state index is 0.0297. The van der Waals surface area contributed by atoms with Crippen LogP contribution in [0.5, 0.6) is 11.8 Å². The lowest BCUT2D eigenvalue weighted by Crippen LogP contribution is -2.20. The summed E-state index contributed by atoms with van der Waals surface area (Å²) in [5.74, 6) is -0.576. The van der Waals surface area contributed by atoms with Crippen LogP contribution in [0.15, 0.2) is 30.6 Å². The Balaban J connectivity index is 1.92. The molecule has 0 saturated carbocycles. The van der Waals surface area contributed by atoms with E-state index >= 15 is 0 Å². The van der Waals surface area contributed by atoms with Gasteiger partial charge in [-0.25, -0.2) is 15.0 Å². The molecule has 12 heteroatoms. The molecule has 0 aliphatic carbocycles. The summed E-state index contributed by atoms with van der Waals surface area (Å²) < 4.78 is 51.6. The number of alkyl halides is 3. The molecule has 3 rings (SSSR count). The first-order valence-electron chi connectivity index (χ1n) is 10.6. The molecule has 8 nitrogen and oxygen atoms in total. The monoisotopic (exact) mass is 509 g/mol. The van der Waals surface area contributed by atoms with Crippen LogP contribution in [0.25, 0.3) is 0 Å². The third-order valence-electron chi connectivity index (χ3n) is 4.99. The van der Waals surface area contributed by atoms with E-state index in [4.69, 9.17) is 9.47 Å². The highest BCUT2D eigenvalue weighted by molar-refractivity contribution is 7.15. The molecule has 3 aromatic rings. The number of benzene rings is 1. The lowest BCUT2D eigenvalue weighted by atomic mass is 10.0. The highest BCUT2D eigenvalue weighted by atomic mass is 32.1. The fourth-order valence-electron chi connectivity index (χ4n) is 3.55. The number of halogens is 3. The Kier molecular flexibility index (Phi) is 8.15. The number of carbonyl (C=O) groups is 1. The van der Waals surface area contributed by atoms with Crippen LogP contribution in [0.1, 0.15) is 40.3 Å². The van der Waals surface area contributed by atoms with Gasteiger partial charge in [-0.15, -0.1) is 0 Å². The van der Waals surface area contributed by atoms with Crippen molar-refractivity contribution in [2.45, 2.75) is 33.0 Å². The van der Waals surface area contributed by atoms with E-state index in [9.17, 15) is 18.0 Å². The van der Waals surface area contributed by atoms with Crippen molar-refractivity contribution in [3.8, 4) is 11.8 Å². The smallest absolute Gasteiger partial charge is 0.434 e. The Morgan fingerprint density at radius 2 is 1.77 bits per heavy atom. The fraction of sp³-hybridized carbons (Fsp3) is 0.391. The molecule has 0 atom stereocenters. The van der Waals surface area contributed by atoms with Crippen molar-refractivity contribution in [3.05, 3.63) is 52.3 Å². The first-order chi connectivity index (χ1) is 16.5. The Morgan fingerprint density at radius 3 is 2.34 bits per heavy atom. The number of ether oxygens (including phenoxy) is 2. The van der Waals surface area contributed by atoms with E-state index in [1.807, 2.05) is 24.3 Å². The number of anilines is 2. The Bertz CT molecular complexity index is 1160. The van der Waals surface area contributed by atoms with Crippen LogP contribution in [0.2, 0.25) is 0 Å². The van der Waals surface area contributed by atoms with Crippen molar-refractivity contribution in [1.29, 1.82) is 0 Å². The molecule has 0 aliphatic heterocycles. The van der Waals surface area contributed by atoms with Crippen LogP contribution in [0.4, 0.5) is 24.0 Å². The van der Waals surface area contributed by atoms with Gasteiger partial charge in [0.25, 0.3) is 5.91 Å². The molecule has 0 unspecified atom stereocenters. The lowest BCUT2D eigenvalue weighted by molar-refractivity contribution is -0.141. The first-order valence-corrected chi connectivity index (χ1v) is 11.5. The molecular formula is C23H26F3N5O3S. The highest BCUT2D eigenvalue weighted by Crippen LogP contribution is 2.38. The van der Waals surface area contributed by atoms with Gasteiger partial charge in [-0.1, -0.05) is 43.4 Å². The summed E-state index contributed by atoms with van der Waals surface area (Å²) in [6.07, 6.45) is -2.76. The summed E-state index contributed by atoms with van der Waals surface area (Å²) in [6, 6.07) is 7.61. The largest absolute Gasteiger partial charge is 0.480 e. The number of rotatable bonds is 9. The Morgan fingerprint density at radius 1 is 1.14 bits per heavy atom.